The van der Waals surface area contributed by atoms with E-state index < -0.39 is 0 Å². The van der Waals surface area contributed by atoms with Crippen LogP contribution in [0.2, 0.25) is 0 Å². The van der Waals surface area contributed by atoms with E-state index in [9.17, 15) is 9.59 Å². The predicted molar refractivity (Wildman–Crippen MR) is 84.8 cm³/mol. The highest BCUT2D eigenvalue weighted by atomic mass is 16.6. The zero-order chi connectivity index (χ0) is 16.8. The zero-order valence-corrected chi connectivity index (χ0v) is 13.6. The number of carbonyl (C=O) groups is 2. The molecule has 0 saturated heterocycles. The van der Waals surface area contributed by atoms with Crippen LogP contribution in [0, 0.1) is 11.8 Å². The van der Waals surface area contributed by atoms with E-state index in [0.29, 0.717) is 24.7 Å². The molecule has 2 fully saturated rings. The molecule has 0 spiro atoms. The Balaban J connectivity index is 1.30. The molecule has 24 heavy (non-hydrogen) atoms. The number of esters is 2. The second kappa shape index (κ2) is 8.04. The molecule has 0 atom stereocenters. The minimum atomic E-state index is -0.128. The van der Waals surface area contributed by atoms with Gasteiger partial charge in [0.2, 0.25) is 0 Å². The summed E-state index contributed by atoms with van der Waals surface area (Å²) in [7, 11) is 0. The summed E-state index contributed by atoms with van der Waals surface area (Å²) in [5.41, 5.74) is 0. The fourth-order valence-corrected chi connectivity index (χ4v) is 2.13. The van der Waals surface area contributed by atoms with Gasteiger partial charge in [-0.1, -0.05) is 6.07 Å². The molecule has 0 bridgehead atoms. The van der Waals surface area contributed by atoms with E-state index in [4.69, 9.17) is 18.9 Å². The third kappa shape index (κ3) is 5.44. The third-order valence-corrected chi connectivity index (χ3v) is 3.82. The molecule has 1 aromatic rings. The van der Waals surface area contributed by atoms with Crippen molar-refractivity contribution in [1.82, 2.24) is 0 Å². The summed E-state index contributed by atoms with van der Waals surface area (Å²) in [5, 5.41) is 0. The monoisotopic (exact) mass is 334 g/mol. The van der Waals surface area contributed by atoms with Crippen molar-refractivity contribution >= 4 is 11.9 Å². The van der Waals surface area contributed by atoms with E-state index in [2.05, 4.69) is 0 Å². The largest absolute Gasteiger partial charge is 0.490 e. The molecule has 0 radical (unpaired) electrons. The van der Waals surface area contributed by atoms with Gasteiger partial charge in [-0.05, 0) is 37.8 Å². The maximum Gasteiger partial charge on any atom is 0.309 e. The number of carbonyl (C=O) groups excluding carboxylic acids is 2. The molecule has 2 aliphatic rings. The van der Waals surface area contributed by atoms with Crippen molar-refractivity contribution in [2.75, 3.05) is 26.4 Å². The number of rotatable bonds is 10. The van der Waals surface area contributed by atoms with Gasteiger partial charge < -0.3 is 18.9 Å². The summed E-state index contributed by atoms with van der Waals surface area (Å²) < 4.78 is 21.3. The van der Waals surface area contributed by atoms with Gasteiger partial charge in [0.05, 0.1) is 11.8 Å². The van der Waals surface area contributed by atoms with Crippen molar-refractivity contribution in [3.63, 3.8) is 0 Å². The Morgan fingerprint density at radius 1 is 0.792 bits per heavy atom. The van der Waals surface area contributed by atoms with E-state index in [-0.39, 0.29) is 37.0 Å². The summed E-state index contributed by atoms with van der Waals surface area (Å²) in [6.07, 6.45) is 3.76. The van der Waals surface area contributed by atoms with Crippen LogP contribution in [0.15, 0.2) is 24.3 Å². The molecule has 130 valence electrons. The molecule has 1 aromatic carbocycles. The van der Waals surface area contributed by atoms with Crippen LogP contribution >= 0.6 is 0 Å². The Hall–Kier alpha value is -2.24. The van der Waals surface area contributed by atoms with E-state index in [1.807, 2.05) is 18.2 Å². The third-order valence-electron chi connectivity index (χ3n) is 3.82. The fraction of sp³-hybridized carbons (Fsp3) is 0.556. The highest BCUT2D eigenvalue weighted by Gasteiger charge is 2.31. The first-order chi connectivity index (χ1) is 11.7. The number of hydrogen-bond donors (Lipinski definition) is 0. The lowest BCUT2D eigenvalue weighted by atomic mass is 10.3. The van der Waals surface area contributed by atoms with Crippen LogP contribution < -0.4 is 9.47 Å². The van der Waals surface area contributed by atoms with Crippen molar-refractivity contribution < 1.29 is 28.5 Å². The highest BCUT2D eigenvalue weighted by molar-refractivity contribution is 5.75. The molecule has 0 aromatic heterocycles. The molecule has 3 rings (SSSR count). The van der Waals surface area contributed by atoms with Crippen molar-refractivity contribution in [3.05, 3.63) is 24.3 Å². The number of ether oxygens (including phenoxy) is 4. The average Bonchev–Trinajstić information content (AvgIpc) is 3.48. The Morgan fingerprint density at radius 2 is 1.25 bits per heavy atom. The van der Waals surface area contributed by atoms with Crippen LogP contribution in [0.5, 0.6) is 11.5 Å². The Morgan fingerprint density at radius 3 is 1.67 bits per heavy atom. The quantitative estimate of drug-likeness (QED) is 0.483. The maximum absolute atomic E-state index is 11.4. The molecular weight excluding hydrogens is 312 g/mol. The molecule has 0 unspecified atom stereocenters. The van der Waals surface area contributed by atoms with E-state index in [1.54, 1.807) is 6.07 Å². The average molecular weight is 334 g/mol. The summed E-state index contributed by atoms with van der Waals surface area (Å²) in [6.45, 7) is 1.11. The van der Waals surface area contributed by atoms with Gasteiger partial charge in [0, 0.05) is 6.07 Å². The molecule has 6 heteroatoms. The summed E-state index contributed by atoms with van der Waals surface area (Å²) in [5.74, 6) is 1.24. The maximum atomic E-state index is 11.4. The van der Waals surface area contributed by atoms with Gasteiger partial charge in [-0.15, -0.1) is 0 Å². The van der Waals surface area contributed by atoms with Gasteiger partial charge >= 0.3 is 11.9 Å². The molecule has 2 saturated carbocycles. The second-order valence-corrected chi connectivity index (χ2v) is 6.06. The summed E-state index contributed by atoms with van der Waals surface area (Å²) >= 11 is 0. The van der Waals surface area contributed by atoms with E-state index in [1.165, 1.54) is 0 Å². The normalized spacial score (nSPS) is 16.3. The van der Waals surface area contributed by atoms with Crippen LogP contribution in [0.25, 0.3) is 0 Å². The van der Waals surface area contributed by atoms with Gasteiger partial charge in [-0.25, -0.2) is 0 Å². The topological polar surface area (TPSA) is 71.1 Å². The zero-order valence-electron chi connectivity index (χ0n) is 13.6. The first-order valence-electron chi connectivity index (χ1n) is 8.41. The Bertz CT molecular complexity index is 529. The minimum absolute atomic E-state index is 0.107. The molecule has 6 nitrogen and oxygen atoms in total. The SMILES string of the molecule is O=C(OCCOc1cccc(OCCOC(=O)C2CC2)c1)C1CC1. The molecule has 2 aliphatic carbocycles. The lowest BCUT2D eigenvalue weighted by Gasteiger charge is -2.10. The fourth-order valence-electron chi connectivity index (χ4n) is 2.13. The molecule has 0 N–H and O–H groups in total. The second-order valence-electron chi connectivity index (χ2n) is 6.06. The first-order valence-corrected chi connectivity index (χ1v) is 8.41. The van der Waals surface area contributed by atoms with Crippen molar-refractivity contribution in [2.45, 2.75) is 25.7 Å². The Labute approximate surface area is 141 Å². The molecule has 0 heterocycles. The van der Waals surface area contributed by atoms with E-state index >= 15 is 0 Å². The van der Waals surface area contributed by atoms with Crippen LogP contribution in [0.3, 0.4) is 0 Å². The van der Waals surface area contributed by atoms with E-state index in [0.717, 1.165) is 25.7 Å². The van der Waals surface area contributed by atoms with Gasteiger partial charge in [0.25, 0.3) is 0 Å². The van der Waals surface area contributed by atoms with Crippen molar-refractivity contribution in [1.29, 1.82) is 0 Å². The summed E-state index contributed by atoms with van der Waals surface area (Å²) in [4.78, 5) is 22.8. The minimum Gasteiger partial charge on any atom is -0.490 e. The van der Waals surface area contributed by atoms with Gasteiger partial charge in [0.1, 0.15) is 37.9 Å². The predicted octanol–water partition coefficient (Wildman–Crippen LogP) is 2.35. The lowest BCUT2D eigenvalue weighted by molar-refractivity contribution is -0.146. The smallest absolute Gasteiger partial charge is 0.309 e. The Kier molecular flexibility index (Phi) is 5.56. The van der Waals surface area contributed by atoms with Crippen LogP contribution in [0.4, 0.5) is 0 Å². The van der Waals surface area contributed by atoms with Crippen LogP contribution in [-0.4, -0.2) is 38.4 Å². The van der Waals surface area contributed by atoms with Crippen LogP contribution in [0.1, 0.15) is 25.7 Å². The summed E-state index contributed by atoms with van der Waals surface area (Å²) in [6, 6.07) is 7.19. The van der Waals surface area contributed by atoms with Crippen molar-refractivity contribution in [3.8, 4) is 11.5 Å². The van der Waals surface area contributed by atoms with Crippen LogP contribution in [-0.2, 0) is 19.1 Å². The molecule has 0 aliphatic heterocycles. The molecular formula is C18H22O6. The standard InChI is InChI=1S/C18H22O6/c19-17(13-4-5-13)23-10-8-21-15-2-1-3-16(12-15)22-9-11-24-18(20)14-6-7-14/h1-3,12-14H,4-11H2. The van der Waals surface area contributed by atoms with Gasteiger partial charge in [0.15, 0.2) is 0 Å². The van der Waals surface area contributed by atoms with Crippen molar-refractivity contribution in [2.24, 2.45) is 11.8 Å². The van der Waals surface area contributed by atoms with Gasteiger partial charge in [-0.2, -0.15) is 0 Å². The first kappa shape index (κ1) is 16.6. The lowest BCUT2D eigenvalue weighted by Crippen LogP contribution is -2.14. The number of benzene rings is 1. The van der Waals surface area contributed by atoms with Gasteiger partial charge in [-0.3, -0.25) is 9.59 Å². The number of hydrogen-bond acceptors (Lipinski definition) is 6. The highest BCUT2D eigenvalue weighted by Crippen LogP contribution is 2.30. The molecule has 0 amide bonds.